The van der Waals surface area contributed by atoms with Crippen LogP contribution in [0, 0.1) is 5.92 Å². The quantitative estimate of drug-likeness (QED) is 0.688. The molecule has 1 amide bonds. The minimum atomic E-state index is -0.0296. The van der Waals surface area contributed by atoms with Crippen LogP contribution in [0.25, 0.3) is 0 Å². The van der Waals surface area contributed by atoms with Crippen molar-refractivity contribution in [1.29, 1.82) is 0 Å². The van der Waals surface area contributed by atoms with Gasteiger partial charge in [-0.25, -0.2) is 0 Å². The Kier molecular flexibility index (Phi) is 4.22. The molecule has 3 nitrogen and oxygen atoms in total. The van der Waals surface area contributed by atoms with Gasteiger partial charge in [-0.2, -0.15) is 0 Å². The van der Waals surface area contributed by atoms with Crippen LogP contribution in [0.5, 0.6) is 0 Å². The summed E-state index contributed by atoms with van der Waals surface area (Å²) in [5, 5.41) is 2.94. The van der Waals surface area contributed by atoms with E-state index in [2.05, 4.69) is 12.2 Å². The van der Waals surface area contributed by atoms with Crippen LogP contribution < -0.4 is 11.1 Å². The molecule has 0 radical (unpaired) electrons. The minimum Gasteiger partial charge on any atom is -0.352 e. The van der Waals surface area contributed by atoms with Crippen LogP contribution in [0.1, 0.15) is 39.0 Å². The molecule has 3 N–H and O–H groups in total. The summed E-state index contributed by atoms with van der Waals surface area (Å²) < 4.78 is 0. The lowest BCUT2D eigenvalue weighted by Gasteiger charge is -2.28. The van der Waals surface area contributed by atoms with Crippen LogP contribution in [0.15, 0.2) is 0 Å². The van der Waals surface area contributed by atoms with E-state index in [-0.39, 0.29) is 12.5 Å². The normalized spacial score (nSPS) is 21.1. The number of nitrogens with one attached hydrogen (secondary N) is 1. The van der Waals surface area contributed by atoms with E-state index in [1.807, 2.05) is 0 Å². The second-order valence-electron chi connectivity index (χ2n) is 3.96. The summed E-state index contributed by atoms with van der Waals surface area (Å²) in [6, 6.07) is 0.302. The maximum atomic E-state index is 11.0. The molecule has 13 heavy (non-hydrogen) atoms. The highest BCUT2D eigenvalue weighted by Gasteiger charge is 2.20. The van der Waals surface area contributed by atoms with E-state index in [1.54, 1.807) is 0 Å². The summed E-state index contributed by atoms with van der Waals surface area (Å²) in [4.78, 5) is 11.0. The Labute approximate surface area is 80.1 Å². The van der Waals surface area contributed by atoms with Gasteiger partial charge >= 0.3 is 0 Å². The molecule has 0 aromatic rings. The highest BCUT2D eigenvalue weighted by molar-refractivity contribution is 5.78. The summed E-state index contributed by atoms with van der Waals surface area (Å²) >= 11 is 0. The molecular weight excluding hydrogens is 164 g/mol. The summed E-state index contributed by atoms with van der Waals surface area (Å²) in [5.41, 5.74) is 5.24. The van der Waals surface area contributed by atoms with Crippen molar-refractivity contribution in [3.63, 3.8) is 0 Å². The van der Waals surface area contributed by atoms with Crippen molar-refractivity contribution in [3.8, 4) is 0 Å². The Bertz CT molecular complexity index is 164. The van der Waals surface area contributed by atoms with Crippen molar-refractivity contribution in [1.82, 2.24) is 5.32 Å². The van der Waals surface area contributed by atoms with Gasteiger partial charge in [-0.05, 0) is 25.7 Å². The molecule has 1 atom stereocenters. The zero-order valence-corrected chi connectivity index (χ0v) is 8.38. The average Bonchev–Trinajstić information content (AvgIpc) is 2.19. The molecule has 1 saturated carbocycles. The van der Waals surface area contributed by atoms with E-state index in [0.717, 1.165) is 0 Å². The molecule has 0 aliphatic heterocycles. The summed E-state index contributed by atoms with van der Waals surface area (Å²) in [6.45, 7) is 2.20. The number of rotatable bonds is 3. The molecule has 1 rings (SSSR count). The number of nitrogens with two attached hydrogens (primary N) is 1. The van der Waals surface area contributed by atoms with E-state index in [1.165, 1.54) is 32.1 Å². The van der Waals surface area contributed by atoms with Crippen LogP contribution in [0.2, 0.25) is 0 Å². The van der Waals surface area contributed by atoms with Gasteiger partial charge in [0, 0.05) is 6.04 Å². The lowest BCUT2D eigenvalue weighted by Crippen LogP contribution is -2.41. The third kappa shape index (κ3) is 3.35. The highest BCUT2D eigenvalue weighted by atomic mass is 16.1. The van der Waals surface area contributed by atoms with Crippen molar-refractivity contribution in [2.75, 3.05) is 6.54 Å². The first-order chi connectivity index (χ1) is 6.24. The Balaban J connectivity index is 2.28. The molecule has 3 heteroatoms. The number of amides is 1. The molecule has 0 unspecified atom stereocenters. The molecule has 0 bridgehead atoms. The van der Waals surface area contributed by atoms with Crippen molar-refractivity contribution in [2.24, 2.45) is 11.7 Å². The number of carbonyl (C=O) groups excluding carboxylic acids is 1. The molecule has 76 valence electrons. The van der Waals surface area contributed by atoms with Crippen molar-refractivity contribution in [3.05, 3.63) is 0 Å². The minimum absolute atomic E-state index is 0.0296. The molecule has 1 aliphatic carbocycles. The first kappa shape index (κ1) is 10.5. The summed E-state index contributed by atoms with van der Waals surface area (Å²) in [5.74, 6) is 0.641. The molecule has 0 aromatic heterocycles. The first-order valence-electron chi connectivity index (χ1n) is 5.23. The van der Waals surface area contributed by atoms with Crippen molar-refractivity contribution < 1.29 is 4.79 Å². The van der Waals surface area contributed by atoms with Crippen LogP contribution in [0.3, 0.4) is 0 Å². The maximum Gasteiger partial charge on any atom is 0.233 e. The largest absolute Gasteiger partial charge is 0.352 e. The Morgan fingerprint density at radius 3 is 2.62 bits per heavy atom. The zero-order valence-electron chi connectivity index (χ0n) is 8.38. The van der Waals surface area contributed by atoms with Crippen molar-refractivity contribution in [2.45, 2.75) is 45.1 Å². The predicted molar refractivity (Wildman–Crippen MR) is 53.2 cm³/mol. The van der Waals surface area contributed by atoms with Gasteiger partial charge in [-0.15, -0.1) is 0 Å². The van der Waals surface area contributed by atoms with Gasteiger partial charge in [0.1, 0.15) is 0 Å². The van der Waals surface area contributed by atoms with E-state index < -0.39 is 0 Å². The van der Waals surface area contributed by atoms with Crippen LogP contribution in [0.4, 0.5) is 0 Å². The van der Waals surface area contributed by atoms with Gasteiger partial charge in [-0.1, -0.05) is 19.3 Å². The van der Waals surface area contributed by atoms with E-state index in [4.69, 9.17) is 5.73 Å². The summed E-state index contributed by atoms with van der Waals surface area (Å²) in [6.07, 6.45) is 6.49. The van der Waals surface area contributed by atoms with E-state index in [9.17, 15) is 4.79 Å². The van der Waals surface area contributed by atoms with Crippen LogP contribution >= 0.6 is 0 Å². The Morgan fingerprint density at radius 1 is 1.46 bits per heavy atom. The van der Waals surface area contributed by atoms with Crippen LogP contribution in [-0.4, -0.2) is 18.5 Å². The highest BCUT2D eigenvalue weighted by Crippen LogP contribution is 2.26. The average molecular weight is 184 g/mol. The van der Waals surface area contributed by atoms with E-state index in [0.29, 0.717) is 12.0 Å². The van der Waals surface area contributed by atoms with Gasteiger partial charge in [0.15, 0.2) is 0 Å². The lowest BCUT2D eigenvalue weighted by molar-refractivity contribution is -0.120. The standard InChI is InChI=1S/C10H20N2O/c1-8(12-10(13)7-11)9-5-3-2-4-6-9/h8-9H,2-7,11H2,1H3,(H,12,13)/t8-/m0/s1. The topological polar surface area (TPSA) is 55.1 Å². The number of hydrogen-bond acceptors (Lipinski definition) is 2. The fourth-order valence-electron chi connectivity index (χ4n) is 2.06. The molecule has 1 fully saturated rings. The maximum absolute atomic E-state index is 11.0. The molecule has 0 spiro atoms. The second-order valence-corrected chi connectivity index (χ2v) is 3.96. The van der Waals surface area contributed by atoms with Crippen LogP contribution in [-0.2, 0) is 4.79 Å². The molecule has 1 aliphatic rings. The van der Waals surface area contributed by atoms with Gasteiger partial charge in [-0.3, -0.25) is 4.79 Å². The van der Waals surface area contributed by atoms with Gasteiger partial charge < -0.3 is 11.1 Å². The smallest absolute Gasteiger partial charge is 0.233 e. The van der Waals surface area contributed by atoms with E-state index >= 15 is 0 Å². The van der Waals surface area contributed by atoms with Gasteiger partial charge in [0.05, 0.1) is 6.54 Å². The van der Waals surface area contributed by atoms with Crippen molar-refractivity contribution >= 4 is 5.91 Å². The fraction of sp³-hybridized carbons (Fsp3) is 0.900. The number of carbonyl (C=O) groups is 1. The third-order valence-corrected chi connectivity index (χ3v) is 2.93. The predicted octanol–water partition coefficient (Wildman–Crippen LogP) is 1.03. The lowest BCUT2D eigenvalue weighted by atomic mass is 9.84. The molecule has 0 aromatic carbocycles. The summed E-state index contributed by atoms with van der Waals surface area (Å²) in [7, 11) is 0. The molecular formula is C10H20N2O. The van der Waals surface area contributed by atoms with Gasteiger partial charge in [0.2, 0.25) is 5.91 Å². The third-order valence-electron chi connectivity index (χ3n) is 2.93. The second kappa shape index (κ2) is 5.22. The molecule has 0 heterocycles. The Hall–Kier alpha value is -0.570. The first-order valence-corrected chi connectivity index (χ1v) is 5.23. The fourth-order valence-corrected chi connectivity index (χ4v) is 2.06. The zero-order chi connectivity index (χ0) is 9.68. The monoisotopic (exact) mass is 184 g/mol. The Morgan fingerprint density at radius 2 is 2.08 bits per heavy atom. The molecule has 0 saturated heterocycles. The number of hydrogen-bond donors (Lipinski definition) is 2. The van der Waals surface area contributed by atoms with Gasteiger partial charge in [0.25, 0.3) is 0 Å². The SMILES string of the molecule is C[C@H](NC(=O)CN)C1CCCCC1.